The van der Waals surface area contributed by atoms with Gasteiger partial charge in [-0.3, -0.25) is 18.9 Å². The van der Waals surface area contributed by atoms with Crippen LogP contribution in [0, 0.1) is 0 Å². The van der Waals surface area contributed by atoms with Crippen LogP contribution in [-0.4, -0.2) is 51.9 Å². The van der Waals surface area contributed by atoms with Gasteiger partial charge in [-0.2, -0.15) is 8.42 Å². The van der Waals surface area contributed by atoms with Gasteiger partial charge in [0.05, 0.1) is 6.04 Å². The number of amides is 2. The molecule has 2 rings (SSSR count). The largest absolute Gasteiger partial charge is 0.375 e. The number of Topliss-reactive ketones (excluding diaryl/α,β-unsaturated/α-hetero) is 1. The van der Waals surface area contributed by atoms with E-state index in [0.717, 1.165) is 11.3 Å². The molecule has 4 N–H and O–H groups in total. The molecule has 1 aliphatic rings. The van der Waals surface area contributed by atoms with Gasteiger partial charge in [0.2, 0.25) is 0 Å². The molecule has 10 nitrogen and oxygen atoms in total. The highest BCUT2D eigenvalue weighted by Crippen LogP contribution is 2.23. The number of aromatic nitrogens is 1. The molecule has 2 amide bonds. The van der Waals surface area contributed by atoms with Gasteiger partial charge in [0.25, 0.3) is 17.6 Å². The van der Waals surface area contributed by atoms with Crippen LogP contribution in [0.4, 0.5) is 5.13 Å². The molecule has 12 heteroatoms. The van der Waals surface area contributed by atoms with E-state index in [1.54, 1.807) is 0 Å². The Balaban J connectivity index is 2.05. The first kappa shape index (κ1) is 15.3. The second-order valence-electron chi connectivity index (χ2n) is 4.20. The molecule has 1 aromatic heterocycles. The number of anilines is 1. The fourth-order valence-electron chi connectivity index (χ4n) is 1.82. The Morgan fingerprint density at radius 3 is 2.57 bits per heavy atom. The van der Waals surface area contributed by atoms with Crippen LogP contribution in [0.25, 0.3) is 0 Å². The predicted octanol–water partition coefficient (Wildman–Crippen LogP) is -1.57. The molecule has 0 spiro atoms. The van der Waals surface area contributed by atoms with E-state index in [1.807, 2.05) is 0 Å². The summed E-state index contributed by atoms with van der Waals surface area (Å²) in [5.41, 5.74) is 5.17. The third kappa shape index (κ3) is 2.72. The molecule has 1 aromatic rings. The second kappa shape index (κ2) is 5.05. The number of nitrogen functional groups attached to an aromatic ring is 1. The molecule has 0 aromatic carbocycles. The Kier molecular flexibility index (Phi) is 3.69. The third-order valence-corrected chi connectivity index (χ3v) is 4.52. The molecule has 1 fully saturated rings. The van der Waals surface area contributed by atoms with E-state index >= 15 is 0 Å². The van der Waals surface area contributed by atoms with Crippen molar-refractivity contribution >= 4 is 44.4 Å². The first-order chi connectivity index (χ1) is 9.62. The van der Waals surface area contributed by atoms with Crippen molar-refractivity contribution in [3.63, 3.8) is 0 Å². The minimum atomic E-state index is -4.68. The van der Waals surface area contributed by atoms with Crippen LogP contribution in [0.5, 0.6) is 0 Å². The zero-order chi connectivity index (χ0) is 15.9. The molecule has 21 heavy (non-hydrogen) atoms. The Labute approximate surface area is 122 Å². The van der Waals surface area contributed by atoms with Gasteiger partial charge in [-0.05, 0) is 6.92 Å². The van der Waals surface area contributed by atoms with Gasteiger partial charge < -0.3 is 11.1 Å². The maximum absolute atomic E-state index is 11.7. The number of ketones is 1. The van der Waals surface area contributed by atoms with E-state index in [-0.39, 0.29) is 15.1 Å². The lowest BCUT2D eigenvalue weighted by Crippen LogP contribution is -2.71. The van der Waals surface area contributed by atoms with Crippen molar-refractivity contribution in [3.05, 3.63) is 11.1 Å². The van der Waals surface area contributed by atoms with Gasteiger partial charge in [0, 0.05) is 5.38 Å². The highest BCUT2D eigenvalue weighted by atomic mass is 32.2. The van der Waals surface area contributed by atoms with Crippen molar-refractivity contribution in [2.24, 2.45) is 0 Å². The summed E-state index contributed by atoms with van der Waals surface area (Å²) >= 11 is 0.972. The molecule has 1 aliphatic heterocycles. The smallest absolute Gasteiger partial charge is 0.362 e. The monoisotopic (exact) mass is 334 g/mol. The number of β-lactam (4-membered cyclic amide) rings is 1. The van der Waals surface area contributed by atoms with E-state index in [0.29, 0.717) is 0 Å². The molecule has 0 aliphatic carbocycles. The second-order valence-corrected chi connectivity index (χ2v) is 6.38. The van der Waals surface area contributed by atoms with Crippen LogP contribution in [0.2, 0.25) is 0 Å². The number of nitrogens with zero attached hydrogens (tertiary/aromatic N) is 2. The van der Waals surface area contributed by atoms with Crippen molar-refractivity contribution in [2.75, 3.05) is 5.73 Å². The fourth-order valence-corrected chi connectivity index (χ4v) is 3.24. The van der Waals surface area contributed by atoms with Gasteiger partial charge in [-0.15, -0.1) is 11.3 Å². The summed E-state index contributed by atoms with van der Waals surface area (Å²) in [4.78, 5) is 38.6. The molecule has 114 valence electrons. The zero-order valence-corrected chi connectivity index (χ0v) is 12.1. The van der Waals surface area contributed by atoms with E-state index in [4.69, 9.17) is 10.3 Å². The Hall–Kier alpha value is -2.05. The molecular weight excluding hydrogens is 324 g/mol. The van der Waals surface area contributed by atoms with Crippen LogP contribution in [0.1, 0.15) is 17.4 Å². The van der Waals surface area contributed by atoms with Gasteiger partial charge >= 0.3 is 10.3 Å². The van der Waals surface area contributed by atoms with Gasteiger partial charge in [0.1, 0.15) is 11.7 Å². The first-order valence-corrected chi connectivity index (χ1v) is 7.77. The summed E-state index contributed by atoms with van der Waals surface area (Å²) in [5, 5.41) is 3.49. The molecule has 1 saturated heterocycles. The van der Waals surface area contributed by atoms with Crippen molar-refractivity contribution in [1.82, 2.24) is 14.6 Å². The van der Waals surface area contributed by atoms with Crippen LogP contribution < -0.4 is 11.1 Å². The summed E-state index contributed by atoms with van der Waals surface area (Å²) in [6.45, 7) is 1.30. The average Bonchev–Trinajstić information content (AvgIpc) is 2.80. The van der Waals surface area contributed by atoms with Crippen molar-refractivity contribution < 1.29 is 27.4 Å². The molecule has 2 heterocycles. The normalized spacial score (nSPS) is 21.8. The minimum absolute atomic E-state index is 0.108. The fraction of sp³-hybridized carbons (Fsp3) is 0.333. The summed E-state index contributed by atoms with van der Waals surface area (Å²) in [7, 11) is -4.68. The van der Waals surface area contributed by atoms with Crippen LogP contribution in [0.3, 0.4) is 0 Å². The Morgan fingerprint density at radius 2 is 2.14 bits per heavy atom. The number of hydrogen-bond donors (Lipinski definition) is 3. The summed E-state index contributed by atoms with van der Waals surface area (Å²) in [6.07, 6.45) is 0. The maximum atomic E-state index is 11.7. The minimum Gasteiger partial charge on any atom is -0.375 e. The lowest BCUT2D eigenvalue weighted by Gasteiger charge is -2.41. The number of nitrogens with two attached hydrogens (primary N) is 1. The summed E-state index contributed by atoms with van der Waals surface area (Å²) in [6, 6.07) is -2.20. The molecule has 1 unspecified atom stereocenters. The third-order valence-electron chi connectivity index (χ3n) is 2.83. The number of nitrogens with one attached hydrogen (secondary N) is 1. The van der Waals surface area contributed by atoms with Crippen LogP contribution in [-0.2, 0) is 19.9 Å². The first-order valence-electron chi connectivity index (χ1n) is 5.50. The Morgan fingerprint density at radius 1 is 1.52 bits per heavy atom. The number of hydrogen-bond acceptors (Lipinski definition) is 8. The zero-order valence-electron chi connectivity index (χ0n) is 10.5. The van der Waals surface area contributed by atoms with Gasteiger partial charge in [-0.1, -0.05) is 0 Å². The lowest BCUT2D eigenvalue weighted by molar-refractivity contribution is -0.144. The predicted molar refractivity (Wildman–Crippen MR) is 70.6 cm³/mol. The van der Waals surface area contributed by atoms with Gasteiger partial charge in [-0.25, -0.2) is 9.29 Å². The van der Waals surface area contributed by atoms with Crippen molar-refractivity contribution in [2.45, 2.75) is 19.0 Å². The highest BCUT2D eigenvalue weighted by molar-refractivity contribution is 7.84. The molecule has 2 atom stereocenters. The van der Waals surface area contributed by atoms with Crippen LogP contribution in [0.15, 0.2) is 5.38 Å². The number of carbonyl (C=O) groups excluding carboxylic acids is 3. The number of thiazole rings is 1. The molecule has 0 radical (unpaired) electrons. The Bertz CT molecular complexity index is 726. The molecule has 0 saturated carbocycles. The van der Waals surface area contributed by atoms with E-state index in [2.05, 4.69) is 10.3 Å². The average molecular weight is 334 g/mol. The van der Waals surface area contributed by atoms with E-state index in [1.165, 1.54) is 12.3 Å². The maximum Gasteiger partial charge on any atom is 0.362 e. The lowest BCUT2D eigenvalue weighted by atomic mass is 10.0. The van der Waals surface area contributed by atoms with Crippen LogP contribution >= 0.6 is 11.3 Å². The topological polar surface area (TPSA) is 160 Å². The molecular formula is C9H10N4O6S2. The van der Waals surface area contributed by atoms with E-state index in [9.17, 15) is 22.8 Å². The van der Waals surface area contributed by atoms with Crippen molar-refractivity contribution in [3.8, 4) is 0 Å². The molecule has 0 bridgehead atoms. The standard InChI is InChI=1S/C9H10N4O6S2/c1-3-5(8(16)13(3)21(17,18)19)12-7(15)6(14)4-2-20-9(10)11-4/h2-3,5H,1H3,(H2,10,11)(H,12,15)(H,17,18,19)/t3?,5-/m0/s1. The van der Waals surface area contributed by atoms with Crippen molar-refractivity contribution in [1.29, 1.82) is 0 Å². The number of rotatable bonds is 4. The summed E-state index contributed by atoms with van der Waals surface area (Å²) in [5.74, 6) is -3.13. The SMILES string of the molecule is CC1[C@H](NC(=O)C(=O)c2csc(N)n2)C(=O)N1S(=O)(=O)O. The quantitative estimate of drug-likeness (QED) is 0.257. The van der Waals surface area contributed by atoms with E-state index < -0.39 is 40.0 Å². The van der Waals surface area contributed by atoms with Gasteiger partial charge in [0.15, 0.2) is 5.13 Å². The number of carbonyl (C=O) groups is 3. The highest BCUT2D eigenvalue weighted by Gasteiger charge is 2.51. The summed E-state index contributed by atoms with van der Waals surface area (Å²) < 4.78 is 30.8.